The molecule has 140 valence electrons. The molecule has 0 radical (unpaired) electrons. The Hall–Kier alpha value is -3.02. The first-order chi connectivity index (χ1) is 13.1. The average Bonchev–Trinajstić information content (AvgIpc) is 2.99. The summed E-state index contributed by atoms with van der Waals surface area (Å²) in [4.78, 5) is 14.9. The number of carbonyl (C=O) groups excluding carboxylic acids is 1. The van der Waals surface area contributed by atoms with Crippen molar-refractivity contribution in [3.05, 3.63) is 59.4 Å². The molecule has 0 unspecified atom stereocenters. The second-order valence-corrected chi connectivity index (χ2v) is 6.49. The molecule has 0 bridgehead atoms. The second-order valence-electron chi connectivity index (χ2n) is 6.49. The Morgan fingerprint density at radius 2 is 1.93 bits per heavy atom. The summed E-state index contributed by atoms with van der Waals surface area (Å²) in [6, 6.07) is 11.3. The summed E-state index contributed by atoms with van der Waals surface area (Å²) in [5.41, 5.74) is 1.88. The Bertz CT molecular complexity index is 964. The van der Waals surface area contributed by atoms with Gasteiger partial charge in [0.15, 0.2) is 5.69 Å². The summed E-state index contributed by atoms with van der Waals surface area (Å²) in [5, 5.41) is 18.2. The number of fused-ring (bicyclic) bond motifs is 1. The first-order valence-electron chi connectivity index (χ1n) is 9.14. The van der Waals surface area contributed by atoms with E-state index in [4.69, 9.17) is 0 Å². The molecule has 0 aliphatic heterocycles. The largest absolute Gasteiger partial charge is 0.493 e. The number of H-pyrrole nitrogens is 1. The van der Waals surface area contributed by atoms with Gasteiger partial charge in [-0.25, -0.2) is 4.39 Å². The van der Waals surface area contributed by atoms with Crippen LogP contribution in [0.25, 0.3) is 10.9 Å². The highest BCUT2D eigenvalue weighted by atomic mass is 19.1. The molecule has 6 heteroatoms. The second kappa shape index (κ2) is 8.58. The highest BCUT2D eigenvalue weighted by Crippen LogP contribution is 2.38. The SMILES string of the molecule is CCCCCCc1cc(F)cc2c(N=NC(=O)c3ccccc3)c(O)[nH]c12. The van der Waals surface area contributed by atoms with Gasteiger partial charge < -0.3 is 10.1 Å². The maximum atomic E-state index is 14.1. The van der Waals surface area contributed by atoms with Crippen molar-refractivity contribution in [3.8, 4) is 5.88 Å². The number of hydrogen-bond acceptors (Lipinski definition) is 3. The topological polar surface area (TPSA) is 77.8 Å². The molecular weight excluding hydrogens is 345 g/mol. The molecule has 0 atom stereocenters. The van der Waals surface area contributed by atoms with Crippen LogP contribution in [0.4, 0.5) is 10.1 Å². The molecule has 1 heterocycles. The van der Waals surface area contributed by atoms with Crippen molar-refractivity contribution in [1.82, 2.24) is 4.98 Å². The Labute approximate surface area is 157 Å². The number of aromatic nitrogens is 1. The number of nitrogens with one attached hydrogen (secondary N) is 1. The number of aryl methyl sites for hydroxylation is 1. The fourth-order valence-electron chi connectivity index (χ4n) is 3.08. The van der Waals surface area contributed by atoms with E-state index in [2.05, 4.69) is 22.1 Å². The summed E-state index contributed by atoms with van der Waals surface area (Å²) in [6.45, 7) is 2.14. The summed E-state index contributed by atoms with van der Waals surface area (Å²) in [5.74, 6) is -1.16. The highest BCUT2D eigenvalue weighted by molar-refractivity contribution is 5.98. The van der Waals surface area contributed by atoms with Crippen molar-refractivity contribution < 1.29 is 14.3 Å². The molecule has 0 aliphatic carbocycles. The van der Waals surface area contributed by atoms with Gasteiger partial charge in [-0.1, -0.05) is 44.4 Å². The molecule has 1 aromatic heterocycles. The summed E-state index contributed by atoms with van der Waals surface area (Å²) in [7, 11) is 0. The van der Waals surface area contributed by atoms with E-state index in [-0.39, 0.29) is 11.6 Å². The zero-order valence-electron chi connectivity index (χ0n) is 15.2. The Balaban J connectivity index is 1.90. The highest BCUT2D eigenvalue weighted by Gasteiger charge is 2.16. The van der Waals surface area contributed by atoms with Crippen LogP contribution in [-0.2, 0) is 6.42 Å². The van der Waals surface area contributed by atoms with Crippen molar-refractivity contribution in [2.24, 2.45) is 10.2 Å². The van der Waals surface area contributed by atoms with Gasteiger partial charge >= 0.3 is 0 Å². The van der Waals surface area contributed by atoms with Gasteiger partial charge in [0, 0.05) is 10.9 Å². The molecule has 5 nitrogen and oxygen atoms in total. The monoisotopic (exact) mass is 367 g/mol. The average molecular weight is 367 g/mol. The van der Waals surface area contributed by atoms with Crippen molar-refractivity contribution in [2.75, 3.05) is 0 Å². The quantitative estimate of drug-likeness (QED) is 0.393. The van der Waals surface area contributed by atoms with Crippen molar-refractivity contribution in [1.29, 1.82) is 0 Å². The number of carbonyl (C=O) groups is 1. The minimum absolute atomic E-state index is 0.0728. The van der Waals surface area contributed by atoms with E-state index in [9.17, 15) is 14.3 Å². The van der Waals surface area contributed by atoms with E-state index in [1.807, 2.05) is 0 Å². The zero-order chi connectivity index (χ0) is 19.2. The van der Waals surface area contributed by atoms with Gasteiger partial charge in [-0.2, -0.15) is 0 Å². The number of rotatable bonds is 7. The lowest BCUT2D eigenvalue weighted by atomic mass is 10.0. The molecule has 0 saturated heterocycles. The smallest absolute Gasteiger partial charge is 0.295 e. The Kier molecular flexibility index (Phi) is 5.96. The minimum atomic E-state index is -0.527. The van der Waals surface area contributed by atoms with E-state index in [1.165, 1.54) is 12.1 Å². The molecule has 0 spiro atoms. The van der Waals surface area contributed by atoms with Crippen LogP contribution in [0, 0.1) is 5.82 Å². The molecule has 3 rings (SSSR count). The Morgan fingerprint density at radius 1 is 1.15 bits per heavy atom. The van der Waals surface area contributed by atoms with Gasteiger partial charge in [-0.3, -0.25) is 4.79 Å². The molecule has 2 aromatic carbocycles. The first-order valence-corrected chi connectivity index (χ1v) is 9.14. The van der Waals surface area contributed by atoms with Gasteiger partial charge in [0.05, 0.1) is 5.52 Å². The number of halogens is 1. The van der Waals surface area contributed by atoms with Crippen LogP contribution in [0.3, 0.4) is 0 Å². The molecule has 2 N–H and O–H groups in total. The third kappa shape index (κ3) is 4.39. The fourth-order valence-corrected chi connectivity index (χ4v) is 3.08. The van der Waals surface area contributed by atoms with Crippen molar-refractivity contribution in [2.45, 2.75) is 39.0 Å². The number of unbranched alkanes of at least 4 members (excludes halogenated alkanes) is 3. The molecule has 0 aliphatic rings. The number of amides is 1. The van der Waals surface area contributed by atoms with Crippen LogP contribution >= 0.6 is 0 Å². The van der Waals surface area contributed by atoms with Crippen LogP contribution in [0.15, 0.2) is 52.7 Å². The lowest BCUT2D eigenvalue weighted by Gasteiger charge is -2.04. The van der Waals surface area contributed by atoms with E-state index in [0.717, 1.165) is 31.2 Å². The molecule has 27 heavy (non-hydrogen) atoms. The minimum Gasteiger partial charge on any atom is -0.493 e. The van der Waals surface area contributed by atoms with Crippen LogP contribution in [0.1, 0.15) is 48.5 Å². The number of azo groups is 1. The lowest BCUT2D eigenvalue weighted by molar-refractivity contribution is 0.0995. The maximum absolute atomic E-state index is 14.1. The molecular formula is C21H22FN3O2. The number of nitrogens with zero attached hydrogens (tertiary/aromatic N) is 2. The summed E-state index contributed by atoms with van der Waals surface area (Å²) in [6.07, 6.45) is 4.97. The van der Waals surface area contributed by atoms with Gasteiger partial charge in [-0.15, -0.1) is 10.2 Å². The third-order valence-electron chi connectivity index (χ3n) is 4.47. The number of aromatic amines is 1. The maximum Gasteiger partial charge on any atom is 0.295 e. The standard InChI is InChI=1S/C21H22FN3O2/c1-2-3-4-6-11-15-12-16(22)13-17-18(15)23-21(27)19(17)24-25-20(26)14-9-7-5-8-10-14/h5,7-10,12-13,23,27H,2-4,6,11H2,1H3. The molecule has 1 amide bonds. The van der Waals surface area contributed by atoms with E-state index in [1.54, 1.807) is 30.3 Å². The normalized spacial score (nSPS) is 11.5. The van der Waals surface area contributed by atoms with Gasteiger partial charge in [-0.05, 0) is 42.7 Å². The predicted octanol–water partition coefficient (Wildman–Crippen LogP) is 6.06. The summed E-state index contributed by atoms with van der Waals surface area (Å²) >= 11 is 0. The number of aromatic hydroxyl groups is 1. The molecule has 0 saturated carbocycles. The van der Waals surface area contributed by atoms with Gasteiger partial charge in [0.1, 0.15) is 5.82 Å². The molecule has 0 fully saturated rings. The van der Waals surface area contributed by atoms with Crippen molar-refractivity contribution >= 4 is 22.5 Å². The van der Waals surface area contributed by atoms with Gasteiger partial charge in [0.25, 0.3) is 5.91 Å². The van der Waals surface area contributed by atoms with Crippen LogP contribution in [0.2, 0.25) is 0 Å². The fraction of sp³-hybridized carbons (Fsp3) is 0.286. The van der Waals surface area contributed by atoms with Crippen LogP contribution in [-0.4, -0.2) is 16.0 Å². The first kappa shape index (κ1) is 18.8. The predicted molar refractivity (Wildman–Crippen MR) is 103 cm³/mol. The van der Waals surface area contributed by atoms with E-state index < -0.39 is 11.7 Å². The van der Waals surface area contributed by atoms with Crippen molar-refractivity contribution in [3.63, 3.8) is 0 Å². The molecule has 3 aromatic rings. The van der Waals surface area contributed by atoms with E-state index in [0.29, 0.717) is 22.9 Å². The summed E-state index contributed by atoms with van der Waals surface area (Å²) < 4.78 is 14.1. The zero-order valence-corrected chi connectivity index (χ0v) is 15.2. The number of benzene rings is 2. The van der Waals surface area contributed by atoms with E-state index >= 15 is 0 Å². The van der Waals surface area contributed by atoms with Crippen LogP contribution < -0.4 is 0 Å². The van der Waals surface area contributed by atoms with Crippen LogP contribution in [0.5, 0.6) is 5.88 Å². The van der Waals surface area contributed by atoms with Gasteiger partial charge in [0.2, 0.25) is 5.88 Å². The lowest BCUT2D eigenvalue weighted by Crippen LogP contribution is -1.92. The third-order valence-corrected chi connectivity index (χ3v) is 4.47. The Morgan fingerprint density at radius 3 is 2.67 bits per heavy atom. The number of hydrogen-bond donors (Lipinski definition) is 2.